The Balaban J connectivity index is 1.57. The van der Waals surface area contributed by atoms with Crippen LogP contribution in [0.4, 0.5) is 5.69 Å². The molecule has 26 heavy (non-hydrogen) atoms. The molecule has 0 aromatic heterocycles. The van der Waals surface area contributed by atoms with E-state index in [1.54, 1.807) is 0 Å². The van der Waals surface area contributed by atoms with Crippen LogP contribution in [0.2, 0.25) is 0 Å². The van der Waals surface area contributed by atoms with Gasteiger partial charge in [0, 0.05) is 18.5 Å². The zero-order chi connectivity index (χ0) is 18.7. The minimum absolute atomic E-state index is 0.0664. The van der Waals surface area contributed by atoms with Crippen LogP contribution in [0.3, 0.4) is 0 Å². The van der Waals surface area contributed by atoms with Gasteiger partial charge in [0.2, 0.25) is 5.91 Å². The normalized spacial score (nSPS) is 22.7. The van der Waals surface area contributed by atoms with Gasteiger partial charge in [-0.1, -0.05) is 6.92 Å². The molecule has 0 saturated heterocycles. The number of anilines is 1. The number of ether oxygens (including phenoxy) is 1. The molecule has 0 unspecified atom stereocenters. The molecule has 7 nitrogen and oxygen atoms in total. The number of rotatable bonds is 5. The van der Waals surface area contributed by atoms with Gasteiger partial charge >= 0.3 is 0 Å². The van der Waals surface area contributed by atoms with E-state index >= 15 is 0 Å². The Labute approximate surface area is 153 Å². The maximum atomic E-state index is 12.5. The number of amides is 2. The van der Waals surface area contributed by atoms with Gasteiger partial charge in [-0.3, -0.25) is 9.59 Å². The largest absolute Gasteiger partial charge is 0.482 e. The molecule has 1 aromatic carbocycles. The van der Waals surface area contributed by atoms with Crippen molar-refractivity contribution < 1.29 is 22.7 Å². The van der Waals surface area contributed by atoms with E-state index in [4.69, 9.17) is 4.74 Å². The van der Waals surface area contributed by atoms with E-state index in [9.17, 15) is 18.0 Å². The minimum Gasteiger partial charge on any atom is -0.482 e. The highest BCUT2D eigenvalue weighted by atomic mass is 32.2. The second-order valence-electron chi connectivity index (χ2n) is 7.09. The van der Waals surface area contributed by atoms with E-state index in [0.717, 1.165) is 25.7 Å². The van der Waals surface area contributed by atoms with Gasteiger partial charge in [0.15, 0.2) is 16.4 Å². The molecule has 1 saturated carbocycles. The quantitative estimate of drug-likeness (QED) is 0.812. The number of carbonyl (C=O) groups excluding carboxylic acids is 2. The van der Waals surface area contributed by atoms with Crippen LogP contribution >= 0.6 is 0 Å². The predicted molar refractivity (Wildman–Crippen MR) is 96.8 cm³/mol. The number of benzene rings is 1. The average molecular weight is 380 g/mol. The van der Waals surface area contributed by atoms with Gasteiger partial charge in [-0.05, 0) is 43.7 Å². The molecule has 2 amide bonds. The van der Waals surface area contributed by atoms with Crippen LogP contribution in [0.15, 0.2) is 23.1 Å². The Bertz CT molecular complexity index is 798. The van der Waals surface area contributed by atoms with Crippen molar-refractivity contribution in [3.05, 3.63) is 18.2 Å². The SMILES string of the molecule is CC1CCC(NC(=O)CCS(=O)(=O)c2ccc3c(c2)OCC(=O)N3)CC1. The molecule has 0 atom stereocenters. The van der Waals surface area contributed by atoms with Gasteiger partial charge in [-0.2, -0.15) is 0 Å². The summed E-state index contributed by atoms with van der Waals surface area (Å²) in [5, 5.41) is 5.56. The summed E-state index contributed by atoms with van der Waals surface area (Å²) in [5.41, 5.74) is 0.449. The molecule has 1 heterocycles. The highest BCUT2D eigenvalue weighted by Gasteiger charge is 2.23. The zero-order valence-corrected chi connectivity index (χ0v) is 15.6. The van der Waals surface area contributed by atoms with E-state index in [1.807, 2.05) is 0 Å². The lowest BCUT2D eigenvalue weighted by molar-refractivity contribution is -0.121. The molecule has 1 fully saturated rings. The summed E-state index contributed by atoms with van der Waals surface area (Å²) in [6.45, 7) is 2.07. The standard InChI is InChI=1S/C18H24N2O5S/c1-12-2-4-13(5-3-12)19-17(21)8-9-26(23,24)14-6-7-15-16(10-14)25-11-18(22)20-15/h6-7,10,12-13H,2-5,8-9,11H2,1H3,(H,19,21)(H,20,22). The van der Waals surface area contributed by atoms with Gasteiger partial charge in [-0.15, -0.1) is 0 Å². The predicted octanol–water partition coefficient (Wildman–Crippen LogP) is 1.88. The van der Waals surface area contributed by atoms with Crippen LogP contribution in [0.25, 0.3) is 0 Å². The third-order valence-corrected chi connectivity index (χ3v) is 6.64. The van der Waals surface area contributed by atoms with Gasteiger partial charge < -0.3 is 15.4 Å². The van der Waals surface area contributed by atoms with Crippen molar-refractivity contribution in [3.63, 3.8) is 0 Å². The molecule has 2 aliphatic rings. The Kier molecular flexibility index (Phi) is 5.50. The lowest BCUT2D eigenvalue weighted by atomic mass is 9.87. The molecular formula is C18H24N2O5S. The first-order valence-corrected chi connectivity index (χ1v) is 10.6. The zero-order valence-electron chi connectivity index (χ0n) is 14.8. The summed E-state index contributed by atoms with van der Waals surface area (Å²) >= 11 is 0. The molecule has 1 aliphatic carbocycles. The van der Waals surface area contributed by atoms with E-state index in [0.29, 0.717) is 17.4 Å². The van der Waals surface area contributed by atoms with Crippen molar-refractivity contribution in [1.82, 2.24) is 5.32 Å². The first-order chi connectivity index (χ1) is 12.3. The molecule has 2 N–H and O–H groups in total. The third kappa shape index (κ3) is 4.55. The summed E-state index contributed by atoms with van der Waals surface area (Å²) < 4.78 is 30.2. The van der Waals surface area contributed by atoms with E-state index < -0.39 is 9.84 Å². The number of sulfone groups is 1. The van der Waals surface area contributed by atoms with Crippen LogP contribution in [-0.4, -0.2) is 38.6 Å². The van der Waals surface area contributed by atoms with Crippen molar-refractivity contribution in [2.24, 2.45) is 5.92 Å². The average Bonchev–Trinajstić information content (AvgIpc) is 2.61. The highest BCUT2D eigenvalue weighted by Crippen LogP contribution is 2.30. The summed E-state index contributed by atoms with van der Waals surface area (Å²) in [5.74, 6) is 0.259. The molecular weight excluding hydrogens is 356 g/mol. The number of carbonyl (C=O) groups is 2. The Morgan fingerprint density at radius 1 is 1.27 bits per heavy atom. The van der Waals surface area contributed by atoms with Gasteiger partial charge in [-0.25, -0.2) is 8.42 Å². The van der Waals surface area contributed by atoms with Crippen LogP contribution in [0.5, 0.6) is 5.75 Å². The molecule has 0 bridgehead atoms. The highest BCUT2D eigenvalue weighted by molar-refractivity contribution is 7.91. The molecule has 1 aliphatic heterocycles. The molecule has 0 spiro atoms. The molecule has 1 aromatic rings. The maximum Gasteiger partial charge on any atom is 0.262 e. The Morgan fingerprint density at radius 2 is 2.00 bits per heavy atom. The monoisotopic (exact) mass is 380 g/mol. The van der Waals surface area contributed by atoms with Crippen LogP contribution < -0.4 is 15.4 Å². The first-order valence-electron chi connectivity index (χ1n) is 8.92. The Morgan fingerprint density at radius 3 is 2.73 bits per heavy atom. The number of hydrogen-bond acceptors (Lipinski definition) is 5. The van der Waals surface area contributed by atoms with Crippen LogP contribution in [0.1, 0.15) is 39.0 Å². The fraction of sp³-hybridized carbons (Fsp3) is 0.556. The maximum absolute atomic E-state index is 12.5. The Hall–Kier alpha value is -2.09. The van der Waals surface area contributed by atoms with E-state index in [1.165, 1.54) is 18.2 Å². The van der Waals surface area contributed by atoms with E-state index in [-0.39, 0.29) is 41.5 Å². The van der Waals surface area contributed by atoms with Crippen molar-refractivity contribution >= 4 is 27.3 Å². The third-order valence-electron chi connectivity index (χ3n) is 4.92. The fourth-order valence-corrected chi connectivity index (χ4v) is 4.55. The lowest BCUT2D eigenvalue weighted by Crippen LogP contribution is -2.38. The molecule has 142 valence electrons. The fourth-order valence-electron chi connectivity index (χ4n) is 3.30. The van der Waals surface area contributed by atoms with Gasteiger partial charge in [0.05, 0.1) is 16.3 Å². The smallest absolute Gasteiger partial charge is 0.262 e. The molecule has 3 rings (SSSR count). The minimum atomic E-state index is -3.61. The lowest BCUT2D eigenvalue weighted by Gasteiger charge is -2.26. The second-order valence-corrected chi connectivity index (χ2v) is 9.20. The van der Waals surface area contributed by atoms with E-state index in [2.05, 4.69) is 17.6 Å². The van der Waals surface area contributed by atoms with Gasteiger partial charge in [0.1, 0.15) is 5.75 Å². The van der Waals surface area contributed by atoms with Crippen LogP contribution in [-0.2, 0) is 19.4 Å². The second kappa shape index (κ2) is 7.65. The first kappa shape index (κ1) is 18.7. The van der Waals surface area contributed by atoms with Crippen molar-refractivity contribution in [1.29, 1.82) is 0 Å². The summed E-state index contributed by atoms with van der Waals surface area (Å²) in [4.78, 5) is 23.4. The van der Waals surface area contributed by atoms with Crippen molar-refractivity contribution in [3.8, 4) is 5.75 Å². The number of fused-ring (bicyclic) bond motifs is 1. The summed E-state index contributed by atoms with van der Waals surface area (Å²) in [6.07, 6.45) is 4.02. The van der Waals surface area contributed by atoms with Crippen molar-refractivity contribution in [2.45, 2.75) is 50.0 Å². The topological polar surface area (TPSA) is 102 Å². The van der Waals surface area contributed by atoms with Crippen LogP contribution in [0, 0.1) is 5.92 Å². The molecule has 0 radical (unpaired) electrons. The summed E-state index contributed by atoms with van der Waals surface area (Å²) in [6, 6.07) is 4.47. The molecule has 8 heteroatoms. The number of nitrogens with one attached hydrogen (secondary N) is 2. The van der Waals surface area contributed by atoms with Crippen molar-refractivity contribution in [2.75, 3.05) is 17.7 Å². The summed E-state index contributed by atoms with van der Waals surface area (Å²) in [7, 11) is -3.61. The number of hydrogen-bond donors (Lipinski definition) is 2. The van der Waals surface area contributed by atoms with Gasteiger partial charge in [0.25, 0.3) is 5.91 Å².